The number of para-hydroxylation sites is 1. The Balaban J connectivity index is 1.43. The first-order valence-corrected chi connectivity index (χ1v) is 12.2. The van der Waals surface area contributed by atoms with Gasteiger partial charge in [-0.1, -0.05) is 67.8 Å². The fourth-order valence-electron chi connectivity index (χ4n) is 5.47. The molecule has 0 amide bonds. The van der Waals surface area contributed by atoms with Gasteiger partial charge >= 0.3 is 0 Å². The van der Waals surface area contributed by atoms with Crippen LogP contribution in [0.15, 0.2) is 54.6 Å². The summed E-state index contributed by atoms with van der Waals surface area (Å²) in [6, 6.07) is 19.4. The van der Waals surface area contributed by atoms with Crippen LogP contribution in [0.4, 0.5) is 0 Å². The molecule has 2 fully saturated rings. The lowest BCUT2D eigenvalue weighted by Gasteiger charge is -2.43. The molecule has 1 aromatic heterocycles. The SMILES string of the molecule is COc1ccccc1[C@@H](c1nnnn1Cc1ccccc1)N1CCN(C2CCCCC2)CC1. The van der Waals surface area contributed by atoms with E-state index in [2.05, 4.69) is 61.7 Å². The zero-order valence-corrected chi connectivity index (χ0v) is 19.5. The molecular formula is C26H34N6O. The van der Waals surface area contributed by atoms with Crippen LogP contribution in [0.2, 0.25) is 0 Å². The van der Waals surface area contributed by atoms with E-state index in [1.807, 2.05) is 22.9 Å². The molecule has 0 unspecified atom stereocenters. The van der Waals surface area contributed by atoms with Crippen LogP contribution in [0, 0.1) is 0 Å². The fraction of sp³-hybridized carbons (Fsp3) is 0.500. The molecule has 2 heterocycles. The number of hydrogen-bond acceptors (Lipinski definition) is 6. The number of ether oxygens (including phenoxy) is 1. The number of tetrazole rings is 1. The zero-order valence-electron chi connectivity index (χ0n) is 19.5. The van der Waals surface area contributed by atoms with Crippen LogP contribution in [0.5, 0.6) is 5.75 Å². The molecule has 1 atom stereocenters. The summed E-state index contributed by atoms with van der Waals surface area (Å²) in [4.78, 5) is 5.24. The number of piperazine rings is 1. The van der Waals surface area contributed by atoms with Crippen LogP contribution >= 0.6 is 0 Å². The summed E-state index contributed by atoms with van der Waals surface area (Å²) in [6.07, 6.45) is 6.86. The molecular weight excluding hydrogens is 412 g/mol. The van der Waals surface area contributed by atoms with Gasteiger partial charge in [-0.25, -0.2) is 4.68 Å². The number of hydrogen-bond donors (Lipinski definition) is 0. The van der Waals surface area contributed by atoms with E-state index in [1.165, 1.54) is 37.7 Å². The van der Waals surface area contributed by atoms with Crippen molar-refractivity contribution >= 4 is 0 Å². The molecule has 0 N–H and O–H groups in total. The Labute approximate surface area is 196 Å². The fourth-order valence-corrected chi connectivity index (χ4v) is 5.47. The summed E-state index contributed by atoms with van der Waals surface area (Å²) in [7, 11) is 1.74. The maximum absolute atomic E-state index is 5.77. The molecule has 1 saturated carbocycles. The molecule has 1 aliphatic carbocycles. The molecule has 7 heteroatoms. The highest BCUT2D eigenvalue weighted by atomic mass is 16.5. The van der Waals surface area contributed by atoms with Crippen LogP contribution in [-0.4, -0.2) is 69.3 Å². The summed E-state index contributed by atoms with van der Waals surface area (Å²) >= 11 is 0. The highest BCUT2D eigenvalue weighted by molar-refractivity contribution is 5.39. The van der Waals surface area contributed by atoms with Crippen LogP contribution in [0.3, 0.4) is 0 Å². The normalized spacial score (nSPS) is 19.4. The Kier molecular flexibility index (Phi) is 6.98. The predicted octanol–water partition coefficient (Wildman–Crippen LogP) is 3.77. The van der Waals surface area contributed by atoms with E-state index >= 15 is 0 Å². The Hall–Kier alpha value is -2.77. The van der Waals surface area contributed by atoms with E-state index in [4.69, 9.17) is 4.74 Å². The van der Waals surface area contributed by atoms with Crippen LogP contribution < -0.4 is 4.74 Å². The quantitative estimate of drug-likeness (QED) is 0.551. The van der Waals surface area contributed by atoms with Gasteiger partial charge in [0.05, 0.1) is 13.7 Å². The Morgan fingerprint density at radius 2 is 1.64 bits per heavy atom. The monoisotopic (exact) mass is 446 g/mol. The molecule has 174 valence electrons. The van der Waals surface area contributed by atoms with Gasteiger partial charge in [-0.2, -0.15) is 0 Å². The second-order valence-corrected chi connectivity index (χ2v) is 9.19. The molecule has 0 bridgehead atoms. The van der Waals surface area contributed by atoms with Gasteiger partial charge in [0.2, 0.25) is 0 Å². The molecule has 33 heavy (non-hydrogen) atoms. The van der Waals surface area contributed by atoms with Crippen LogP contribution in [0.25, 0.3) is 0 Å². The van der Waals surface area contributed by atoms with Crippen molar-refractivity contribution < 1.29 is 4.74 Å². The van der Waals surface area contributed by atoms with Gasteiger partial charge in [0.25, 0.3) is 0 Å². The van der Waals surface area contributed by atoms with Crippen molar-refractivity contribution in [2.45, 2.75) is 50.7 Å². The molecule has 0 radical (unpaired) electrons. The van der Waals surface area contributed by atoms with Crippen molar-refractivity contribution in [2.75, 3.05) is 33.3 Å². The average Bonchev–Trinajstić information content (AvgIpc) is 3.33. The maximum Gasteiger partial charge on any atom is 0.173 e. The van der Waals surface area contributed by atoms with E-state index in [1.54, 1.807) is 7.11 Å². The Morgan fingerprint density at radius 3 is 2.39 bits per heavy atom. The van der Waals surface area contributed by atoms with Gasteiger partial charge in [-0.15, -0.1) is 5.10 Å². The first-order chi connectivity index (χ1) is 16.3. The Bertz CT molecular complexity index is 1010. The minimum Gasteiger partial charge on any atom is -0.496 e. The van der Waals surface area contributed by atoms with E-state index < -0.39 is 0 Å². The lowest BCUT2D eigenvalue weighted by atomic mass is 9.93. The topological polar surface area (TPSA) is 59.3 Å². The second kappa shape index (κ2) is 10.4. The van der Waals surface area contributed by atoms with Gasteiger partial charge in [-0.3, -0.25) is 9.80 Å². The van der Waals surface area contributed by atoms with E-state index in [-0.39, 0.29) is 6.04 Å². The van der Waals surface area contributed by atoms with Gasteiger partial charge in [0, 0.05) is 37.8 Å². The highest BCUT2D eigenvalue weighted by Crippen LogP contribution is 2.35. The molecule has 5 rings (SSSR count). The van der Waals surface area contributed by atoms with Crippen molar-refractivity contribution in [3.8, 4) is 5.75 Å². The smallest absolute Gasteiger partial charge is 0.173 e. The van der Waals surface area contributed by atoms with Crippen LogP contribution in [-0.2, 0) is 6.54 Å². The van der Waals surface area contributed by atoms with Crippen molar-refractivity contribution in [3.63, 3.8) is 0 Å². The highest BCUT2D eigenvalue weighted by Gasteiger charge is 2.34. The molecule has 0 spiro atoms. The Morgan fingerprint density at radius 1 is 0.909 bits per heavy atom. The minimum absolute atomic E-state index is 0.0478. The van der Waals surface area contributed by atoms with Crippen molar-refractivity contribution in [1.29, 1.82) is 0 Å². The lowest BCUT2D eigenvalue weighted by Crippen LogP contribution is -2.52. The van der Waals surface area contributed by atoms with Gasteiger partial charge < -0.3 is 4.74 Å². The summed E-state index contributed by atoms with van der Waals surface area (Å²) in [5.74, 6) is 1.75. The molecule has 1 aliphatic heterocycles. The van der Waals surface area contributed by atoms with E-state index in [0.29, 0.717) is 6.54 Å². The third kappa shape index (κ3) is 4.94. The van der Waals surface area contributed by atoms with Gasteiger partial charge in [0.1, 0.15) is 11.8 Å². The summed E-state index contributed by atoms with van der Waals surface area (Å²) in [5, 5.41) is 13.0. The molecule has 3 aromatic rings. The minimum atomic E-state index is -0.0478. The third-order valence-electron chi connectivity index (χ3n) is 7.22. The largest absolute Gasteiger partial charge is 0.496 e. The van der Waals surface area contributed by atoms with Crippen molar-refractivity contribution in [3.05, 3.63) is 71.5 Å². The van der Waals surface area contributed by atoms with Crippen molar-refractivity contribution in [2.24, 2.45) is 0 Å². The van der Waals surface area contributed by atoms with Gasteiger partial charge in [0.15, 0.2) is 5.82 Å². The summed E-state index contributed by atoms with van der Waals surface area (Å²) in [5.41, 5.74) is 2.31. The zero-order chi connectivity index (χ0) is 22.5. The summed E-state index contributed by atoms with van der Waals surface area (Å²) < 4.78 is 7.72. The standard InChI is InChI=1S/C26H34N6O/c1-33-24-15-9-8-14-23(24)25(26-27-28-29-32(26)20-21-10-4-2-5-11-21)31-18-16-30(17-19-31)22-12-6-3-7-13-22/h2,4-5,8-11,14-15,22,25H,3,6-7,12-13,16-20H2,1H3/t25-/m0/s1. The van der Waals surface area contributed by atoms with Gasteiger partial charge in [-0.05, 0) is 34.9 Å². The maximum atomic E-state index is 5.77. The number of benzene rings is 2. The number of nitrogens with zero attached hydrogens (tertiary/aromatic N) is 6. The second-order valence-electron chi connectivity index (χ2n) is 9.19. The van der Waals surface area contributed by atoms with E-state index in [0.717, 1.165) is 49.4 Å². The number of aromatic nitrogens is 4. The van der Waals surface area contributed by atoms with Crippen molar-refractivity contribution in [1.82, 2.24) is 30.0 Å². The molecule has 2 aliphatic rings. The molecule has 2 aromatic carbocycles. The lowest BCUT2D eigenvalue weighted by molar-refractivity contribution is 0.0615. The predicted molar refractivity (Wildman–Crippen MR) is 128 cm³/mol. The van der Waals surface area contributed by atoms with E-state index in [9.17, 15) is 0 Å². The first-order valence-electron chi connectivity index (χ1n) is 12.2. The molecule has 7 nitrogen and oxygen atoms in total. The van der Waals surface area contributed by atoms with Crippen LogP contribution in [0.1, 0.15) is 55.1 Å². The third-order valence-corrected chi connectivity index (χ3v) is 7.22. The number of methoxy groups -OCH3 is 1. The average molecular weight is 447 g/mol. The molecule has 1 saturated heterocycles. The summed E-state index contributed by atoms with van der Waals surface area (Å²) in [6.45, 7) is 4.83. The number of rotatable bonds is 7. The first kappa shape index (κ1) is 22.0.